The number of aliphatic hydroxyl groups is 1. The second-order valence-corrected chi connectivity index (χ2v) is 9.06. The van der Waals surface area contributed by atoms with Gasteiger partial charge in [-0.25, -0.2) is 0 Å². The molecule has 5 saturated carbocycles. The number of nitriles is 1. The third-order valence-corrected chi connectivity index (χ3v) is 7.33. The second kappa shape index (κ2) is 4.29. The highest BCUT2D eigenvalue weighted by molar-refractivity contribution is 5.84. The molecule has 0 radical (unpaired) electrons. The van der Waals surface area contributed by atoms with Crippen molar-refractivity contribution in [3.8, 4) is 6.07 Å². The van der Waals surface area contributed by atoms with Crippen LogP contribution in [0, 0.1) is 34.5 Å². The zero-order chi connectivity index (χ0) is 16.9. The van der Waals surface area contributed by atoms with Crippen LogP contribution in [0.3, 0.4) is 0 Å². The number of fused-ring (bicyclic) bond motifs is 1. The van der Waals surface area contributed by atoms with E-state index in [-0.39, 0.29) is 17.4 Å². The van der Waals surface area contributed by atoms with Gasteiger partial charge in [-0.2, -0.15) is 5.26 Å². The van der Waals surface area contributed by atoms with Gasteiger partial charge in [-0.3, -0.25) is 4.79 Å². The smallest absolute Gasteiger partial charge is 0.241 e. The standard InChI is InChI=1S/C18H25N3O2/c19-8-13-2-12-3-14(12)21(13)16(22)15(20)17-4-10-1-11(5-17)7-18(23,6-10)9-17/h10-15,23H,1-7,9,20H2/t10?,11?,12-,13+,14+,15-,17?,18?/m1/s1/i13D. The monoisotopic (exact) mass is 316 g/mol. The Morgan fingerprint density at radius 2 is 2.00 bits per heavy atom. The second-order valence-electron chi connectivity index (χ2n) is 9.06. The molecule has 1 heterocycles. The van der Waals surface area contributed by atoms with Crippen LogP contribution in [0.2, 0.25) is 0 Å². The highest BCUT2D eigenvalue weighted by Gasteiger charge is 2.62. The fourth-order valence-corrected chi connectivity index (χ4v) is 6.77. The van der Waals surface area contributed by atoms with E-state index in [1.165, 1.54) is 4.90 Å². The molecule has 4 bridgehead atoms. The van der Waals surface area contributed by atoms with Crippen molar-refractivity contribution in [3.63, 3.8) is 0 Å². The number of hydrogen-bond donors (Lipinski definition) is 2. The van der Waals surface area contributed by atoms with Crippen molar-refractivity contribution in [2.75, 3.05) is 0 Å². The van der Waals surface area contributed by atoms with Crippen LogP contribution in [0.15, 0.2) is 0 Å². The molecule has 6 atom stereocenters. The maximum absolute atomic E-state index is 13.2. The van der Waals surface area contributed by atoms with E-state index in [2.05, 4.69) is 0 Å². The first kappa shape index (κ1) is 13.2. The van der Waals surface area contributed by atoms with Gasteiger partial charge < -0.3 is 15.7 Å². The normalized spacial score (nSPS) is 57.6. The SMILES string of the molecule is [2H][C@@]1(C#N)C[C@@H]2C[C@@H]2N1C(=O)[C@@H](N)C12CC3CC(CC(O)(C3)C1)C2. The van der Waals surface area contributed by atoms with Crippen LogP contribution in [0.25, 0.3) is 0 Å². The minimum Gasteiger partial charge on any atom is -0.390 e. The van der Waals surface area contributed by atoms with Gasteiger partial charge in [0.1, 0.15) is 6.02 Å². The van der Waals surface area contributed by atoms with Crippen LogP contribution in [-0.2, 0) is 4.79 Å². The summed E-state index contributed by atoms with van der Waals surface area (Å²) in [5.74, 6) is 1.03. The topological polar surface area (TPSA) is 90.4 Å². The van der Waals surface area contributed by atoms with E-state index in [0.717, 1.165) is 38.5 Å². The quantitative estimate of drug-likeness (QED) is 0.800. The van der Waals surface area contributed by atoms with Crippen molar-refractivity contribution in [1.82, 2.24) is 4.90 Å². The molecular weight excluding hydrogens is 290 g/mol. The van der Waals surface area contributed by atoms with Gasteiger partial charge >= 0.3 is 0 Å². The lowest BCUT2D eigenvalue weighted by Gasteiger charge is -2.61. The molecule has 5 heteroatoms. The summed E-state index contributed by atoms with van der Waals surface area (Å²) in [5.41, 5.74) is 5.53. The molecule has 124 valence electrons. The predicted octanol–water partition coefficient (Wildman–Crippen LogP) is 1.16. The molecule has 0 spiro atoms. The number of nitrogens with zero attached hydrogens (tertiary/aromatic N) is 2. The number of hydrogen-bond acceptors (Lipinski definition) is 4. The maximum Gasteiger partial charge on any atom is 0.241 e. The molecule has 6 aliphatic rings. The molecule has 6 fully saturated rings. The van der Waals surface area contributed by atoms with Crippen LogP contribution in [0.1, 0.15) is 52.7 Å². The van der Waals surface area contributed by atoms with Crippen molar-refractivity contribution >= 4 is 5.91 Å². The van der Waals surface area contributed by atoms with Gasteiger partial charge in [0.2, 0.25) is 5.91 Å². The summed E-state index contributed by atoms with van der Waals surface area (Å²) in [6.07, 6.45) is 6.65. The van der Waals surface area contributed by atoms with Crippen LogP contribution in [-0.4, -0.2) is 39.6 Å². The predicted molar refractivity (Wildman–Crippen MR) is 82.8 cm³/mol. The van der Waals surface area contributed by atoms with Gasteiger partial charge in [-0.15, -0.1) is 0 Å². The maximum atomic E-state index is 13.2. The summed E-state index contributed by atoms with van der Waals surface area (Å²) >= 11 is 0. The van der Waals surface area contributed by atoms with Crippen molar-refractivity contribution in [2.45, 2.75) is 75.1 Å². The Balaban J connectivity index is 1.45. The van der Waals surface area contributed by atoms with Gasteiger partial charge in [0, 0.05) is 6.04 Å². The summed E-state index contributed by atoms with van der Waals surface area (Å²) in [5, 5.41) is 20.3. The Hall–Kier alpha value is -1.12. The molecule has 2 unspecified atom stereocenters. The largest absolute Gasteiger partial charge is 0.390 e. The lowest BCUT2D eigenvalue weighted by molar-refractivity contribution is -0.177. The number of rotatable bonds is 2. The molecule has 3 N–H and O–H groups in total. The average Bonchev–Trinajstić information content (AvgIpc) is 3.15. The number of amides is 1. The van der Waals surface area contributed by atoms with Gasteiger partial charge in [0.05, 0.1) is 19.1 Å². The Morgan fingerprint density at radius 1 is 1.30 bits per heavy atom. The Kier molecular flexibility index (Phi) is 2.46. The first-order valence-corrected chi connectivity index (χ1v) is 9.00. The minimum atomic E-state index is -1.44. The van der Waals surface area contributed by atoms with Gasteiger partial charge in [0.25, 0.3) is 0 Å². The van der Waals surface area contributed by atoms with Crippen molar-refractivity contribution in [3.05, 3.63) is 0 Å². The van der Waals surface area contributed by atoms with Gasteiger partial charge in [0.15, 0.2) is 0 Å². The lowest BCUT2D eigenvalue weighted by atomic mass is 9.46. The third kappa shape index (κ3) is 1.88. The Labute approximate surface area is 138 Å². The first-order valence-electron chi connectivity index (χ1n) is 9.50. The first-order chi connectivity index (χ1) is 11.3. The fourth-order valence-electron chi connectivity index (χ4n) is 6.77. The van der Waals surface area contributed by atoms with Crippen molar-refractivity contribution in [2.24, 2.45) is 28.9 Å². The van der Waals surface area contributed by atoms with Crippen LogP contribution in [0.5, 0.6) is 0 Å². The molecule has 1 saturated heterocycles. The molecule has 1 amide bonds. The molecule has 6 rings (SSSR count). The third-order valence-electron chi connectivity index (χ3n) is 7.33. The van der Waals surface area contributed by atoms with Crippen LogP contribution in [0.4, 0.5) is 0 Å². The van der Waals surface area contributed by atoms with Crippen LogP contribution < -0.4 is 5.73 Å². The molecular formula is C18H25N3O2. The number of nitrogens with two attached hydrogens (primary N) is 1. The van der Waals surface area contributed by atoms with E-state index in [1.807, 2.05) is 6.07 Å². The number of likely N-dealkylation sites (tertiary alicyclic amines) is 1. The number of carbonyl (C=O) groups is 1. The summed E-state index contributed by atoms with van der Waals surface area (Å²) in [6.45, 7) is 0. The van der Waals surface area contributed by atoms with Crippen molar-refractivity contribution in [1.29, 1.82) is 5.26 Å². The van der Waals surface area contributed by atoms with E-state index in [1.54, 1.807) is 0 Å². The van der Waals surface area contributed by atoms with Gasteiger partial charge in [-0.1, -0.05) is 0 Å². The molecule has 5 aliphatic carbocycles. The summed E-state index contributed by atoms with van der Waals surface area (Å²) in [6, 6.07) is -0.0560. The molecule has 23 heavy (non-hydrogen) atoms. The zero-order valence-electron chi connectivity index (χ0n) is 14.4. The zero-order valence-corrected chi connectivity index (χ0v) is 13.4. The molecule has 5 nitrogen and oxygen atoms in total. The van der Waals surface area contributed by atoms with E-state index < -0.39 is 17.7 Å². The van der Waals surface area contributed by atoms with Crippen molar-refractivity contribution < 1.29 is 11.3 Å². The number of piperidine rings is 1. The van der Waals surface area contributed by atoms with E-state index in [4.69, 9.17) is 7.10 Å². The lowest BCUT2D eigenvalue weighted by Crippen LogP contribution is -2.64. The molecule has 0 aromatic carbocycles. The minimum absolute atomic E-state index is 0.0395. The molecule has 0 aromatic heterocycles. The Morgan fingerprint density at radius 3 is 2.61 bits per heavy atom. The highest BCUT2D eigenvalue weighted by atomic mass is 16.3. The number of carbonyl (C=O) groups excluding carboxylic acids is 1. The van der Waals surface area contributed by atoms with Crippen LogP contribution >= 0.6 is 0 Å². The van der Waals surface area contributed by atoms with E-state index in [0.29, 0.717) is 30.6 Å². The Bertz CT molecular complexity index is 647. The highest BCUT2D eigenvalue weighted by Crippen LogP contribution is 2.63. The molecule has 0 aromatic rings. The van der Waals surface area contributed by atoms with E-state index in [9.17, 15) is 15.2 Å². The van der Waals surface area contributed by atoms with E-state index >= 15 is 0 Å². The average molecular weight is 316 g/mol. The summed E-state index contributed by atoms with van der Waals surface area (Å²) in [7, 11) is 0. The molecule has 1 aliphatic heterocycles. The summed E-state index contributed by atoms with van der Waals surface area (Å²) < 4.78 is 8.39. The summed E-state index contributed by atoms with van der Waals surface area (Å²) in [4.78, 5) is 14.7. The van der Waals surface area contributed by atoms with Gasteiger partial charge in [-0.05, 0) is 74.5 Å². The fraction of sp³-hybridized carbons (Fsp3) is 0.889.